The summed E-state index contributed by atoms with van der Waals surface area (Å²) in [6.45, 7) is 6.86. The van der Waals surface area contributed by atoms with Crippen LogP contribution in [0.3, 0.4) is 0 Å². The van der Waals surface area contributed by atoms with E-state index in [-0.39, 0.29) is 30.8 Å². The number of carbonyl (C=O) groups excluding carboxylic acids is 3. The lowest BCUT2D eigenvalue weighted by Gasteiger charge is -2.32. The van der Waals surface area contributed by atoms with E-state index in [1.54, 1.807) is 20.8 Å². The molecule has 0 radical (unpaired) electrons. The highest BCUT2D eigenvalue weighted by Gasteiger charge is 2.24. The molecule has 0 bridgehead atoms. The monoisotopic (exact) mass is 467 g/mol. The van der Waals surface area contributed by atoms with E-state index in [9.17, 15) is 14.4 Å². The molecule has 1 saturated heterocycles. The van der Waals surface area contributed by atoms with Crippen molar-refractivity contribution in [2.75, 3.05) is 19.6 Å². The third-order valence-electron chi connectivity index (χ3n) is 4.50. The first-order valence-corrected chi connectivity index (χ1v) is 10.7. The van der Waals surface area contributed by atoms with Crippen molar-refractivity contribution in [3.8, 4) is 0 Å². The molecule has 1 aromatic rings. The number of likely N-dealkylation sites (tertiary alicyclic amines) is 1. The fourth-order valence-corrected chi connectivity index (χ4v) is 3.32. The van der Waals surface area contributed by atoms with Crippen LogP contribution in [0.1, 0.15) is 45.6 Å². The quantitative estimate of drug-likeness (QED) is 0.672. The molecule has 0 aliphatic carbocycles. The number of amides is 3. The summed E-state index contributed by atoms with van der Waals surface area (Å²) in [5.74, 6) is -0.000595. The van der Waals surface area contributed by atoms with Gasteiger partial charge in [-0.15, -0.1) is 0 Å². The molecule has 1 fully saturated rings. The number of nitrogens with one attached hydrogen (secondary N) is 2. The van der Waals surface area contributed by atoms with Gasteiger partial charge >= 0.3 is 6.09 Å². The van der Waals surface area contributed by atoms with Crippen LogP contribution in [0.25, 0.3) is 0 Å². The zero-order valence-corrected chi connectivity index (χ0v) is 18.9. The van der Waals surface area contributed by atoms with Gasteiger partial charge in [-0.1, -0.05) is 28.1 Å². The van der Waals surface area contributed by atoms with Gasteiger partial charge in [-0.05, 0) is 51.3 Å². The standard InChI is InChI=1S/C21H30BrN3O4/c1-21(2,3)29-20(28)23-11-8-18(26)24-17-9-12-25(13-10-17)19(27)14-15-4-6-16(22)7-5-15/h4-7,17H,8-14H2,1-3H3,(H,23,28)(H,24,26). The minimum absolute atomic E-state index is 0.0563. The summed E-state index contributed by atoms with van der Waals surface area (Å²) in [5, 5.41) is 5.56. The molecule has 0 atom stereocenters. The third kappa shape index (κ3) is 8.85. The molecule has 1 heterocycles. The second-order valence-corrected chi connectivity index (χ2v) is 9.12. The molecular weight excluding hydrogens is 438 g/mol. The number of alkyl carbamates (subject to hydrolysis) is 1. The van der Waals surface area contributed by atoms with Gasteiger partial charge in [-0.25, -0.2) is 4.79 Å². The van der Waals surface area contributed by atoms with Crippen LogP contribution in [-0.2, 0) is 20.7 Å². The van der Waals surface area contributed by atoms with E-state index < -0.39 is 11.7 Å². The number of benzene rings is 1. The van der Waals surface area contributed by atoms with Gasteiger partial charge in [-0.3, -0.25) is 9.59 Å². The molecule has 29 heavy (non-hydrogen) atoms. The topological polar surface area (TPSA) is 87.7 Å². The van der Waals surface area contributed by atoms with E-state index in [1.807, 2.05) is 29.2 Å². The van der Waals surface area contributed by atoms with E-state index in [0.717, 1.165) is 22.9 Å². The zero-order chi connectivity index (χ0) is 21.4. The van der Waals surface area contributed by atoms with Gasteiger partial charge in [0.2, 0.25) is 11.8 Å². The maximum Gasteiger partial charge on any atom is 0.407 e. The predicted octanol–water partition coefficient (Wildman–Crippen LogP) is 3.01. The number of hydrogen-bond acceptors (Lipinski definition) is 4. The number of halogens is 1. The molecule has 1 aliphatic rings. The lowest BCUT2D eigenvalue weighted by molar-refractivity contribution is -0.131. The van der Waals surface area contributed by atoms with Crippen molar-refractivity contribution in [3.63, 3.8) is 0 Å². The number of nitrogens with zero attached hydrogens (tertiary/aromatic N) is 1. The van der Waals surface area contributed by atoms with E-state index in [4.69, 9.17) is 4.74 Å². The molecule has 2 N–H and O–H groups in total. The van der Waals surface area contributed by atoms with Crippen LogP contribution in [0.2, 0.25) is 0 Å². The van der Waals surface area contributed by atoms with Crippen LogP contribution < -0.4 is 10.6 Å². The first-order chi connectivity index (χ1) is 13.6. The fourth-order valence-electron chi connectivity index (χ4n) is 3.05. The summed E-state index contributed by atoms with van der Waals surface area (Å²) in [4.78, 5) is 38.0. The number of rotatable bonds is 6. The van der Waals surface area contributed by atoms with Crippen LogP contribution in [0, 0.1) is 0 Å². The fraction of sp³-hybridized carbons (Fsp3) is 0.571. The molecule has 0 aromatic heterocycles. The van der Waals surface area contributed by atoms with Crippen LogP contribution in [-0.4, -0.2) is 54.1 Å². The Labute approximate surface area is 180 Å². The minimum atomic E-state index is -0.560. The second-order valence-electron chi connectivity index (χ2n) is 8.20. The van der Waals surface area contributed by atoms with Crippen LogP contribution in [0.5, 0.6) is 0 Å². The average Bonchev–Trinajstić information content (AvgIpc) is 2.62. The largest absolute Gasteiger partial charge is 0.444 e. The average molecular weight is 468 g/mol. The van der Waals surface area contributed by atoms with E-state index in [1.165, 1.54) is 0 Å². The van der Waals surface area contributed by atoms with Gasteiger partial charge in [0, 0.05) is 36.6 Å². The van der Waals surface area contributed by atoms with Crippen molar-refractivity contribution in [3.05, 3.63) is 34.3 Å². The Kier molecular flexibility index (Phi) is 8.49. The molecule has 8 heteroatoms. The summed E-state index contributed by atoms with van der Waals surface area (Å²) < 4.78 is 6.12. The lowest BCUT2D eigenvalue weighted by atomic mass is 10.0. The molecular formula is C21H30BrN3O4. The maximum atomic E-state index is 12.5. The first kappa shape index (κ1) is 23.2. The predicted molar refractivity (Wildman–Crippen MR) is 114 cm³/mol. The third-order valence-corrected chi connectivity index (χ3v) is 5.03. The molecule has 7 nitrogen and oxygen atoms in total. The Morgan fingerprint density at radius 3 is 2.34 bits per heavy atom. The first-order valence-electron chi connectivity index (χ1n) is 9.91. The number of ether oxygens (including phenoxy) is 1. The van der Waals surface area contributed by atoms with Gasteiger partial charge in [0.05, 0.1) is 6.42 Å². The van der Waals surface area contributed by atoms with Crippen LogP contribution >= 0.6 is 15.9 Å². The van der Waals surface area contributed by atoms with Crippen LogP contribution in [0.15, 0.2) is 28.7 Å². The Balaban J connectivity index is 1.64. The number of hydrogen-bond donors (Lipinski definition) is 2. The summed E-state index contributed by atoms with van der Waals surface area (Å²) in [7, 11) is 0. The highest BCUT2D eigenvalue weighted by molar-refractivity contribution is 9.10. The summed E-state index contributed by atoms with van der Waals surface area (Å²) in [5.41, 5.74) is 0.431. The zero-order valence-electron chi connectivity index (χ0n) is 17.3. The maximum absolute atomic E-state index is 12.5. The van der Waals surface area contributed by atoms with Gasteiger partial charge in [0.15, 0.2) is 0 Å². The smallest absolute Gasteiger partial charge is 0.407 e. The number of piperidine rings is 1. The second kappa shape index (κ2) is 10.6. The van der Waals surface area contributed by atoms with Crippen molar-refractivity contribution in [2.24, 2.45) is 0 Å². The van der Waals surface area contributed by atoms with Crippen molar-refractivity contribution < 1.29 is 19.1 Å². The molecule has 1 aromatic carbocycles. The SMILES string of the molecule is CC(C)(C)OC(=O)NCCC(=O)NC1CCN(C(=O)Cc2ccc(Br)cc2)CC1. The molecule has 1 aliphatic heterocycles. The highest BCUT2D eigenvalue weighted by atomic mass is 79.9. The van der Waals surface area contributed by atoms with E-state index >= 15 is 0 Å². The Hall–Kier alpha value is -2.09. The summed E-state index contributed by atoms with van der Waals surface area (Å²) in [6, 6.07) is 7.81. The number of carbonyl (C=O) groups is 3. The summed E-state index contributed by atoms with van der Waals surface area (Å²) >= 11 is 3.39. The van der Waals surface area contributed by atoms with E-state index in [0.29, 0.717) is 19.5 Å². The lowest BCUT2D eigenvalue weighted by Crippen LogP contribution is -2.47. The molecule has 0 spiro atoms. The molecule has 3 amide bonds. The molecule has 0 unspecified atom stereocenters. The normalized spacial score (nSPS) is 15.0. The molecule has 160 valence electrons. The Morgan fingerprint density at radius 2 is 1.76 bits per heavy atom. The van der Waals surface area contributed by atoms with Crippen molar-refractivity contribution in [1.29, 1.82) is 0 Å². The van der Waals surface area contributed by atoms with E-state index in [2.05, 4.69) is 26.6 Å². The minimum Gasteiger partial charge on any atom is -0.444 e. The Morgan fingerprint density at radius 1 is 1.14 bits per heavy atom. The van der Waals surface area contributed by atoms with Crippen LogP contribution in [0.4, 0.5) is 4.79 Å². The molecule has 0 saturated carbocycles. The van der Waals surface area contributed by atoms with Crippen molar-refractivity contribution >= 4 is 33.8 Å². The molecule has 2 rings (SSSR count). The summed E-state index contributed by atoms with van der Waals surface area (Å²) in [6.07, 6.45) is 1.53. The van der Waals surface area contributed by atoms with Gasteiger partial charge in [0.1, 0.15) is 5.60 Å². The van der Waals surface area contributed by atoms with Gasteiger partial charge in [0.25, 0.3) is 0 Å². The Bertz CT molecular complexity index is 708. The van der Waals surface area contributed by atoms with Gasteiger partial charge < -0.3 is 20.3 Å². The van der Waals surface area contributed by atoms with Crippen molar-refractivity contribution in [1.82, 2.24) is 15.5 Å². The van der Waals surface area contributed by atoms with Gasteiger partial charge in [-0.2, -0.15) is 0 Å². The van der Waals surface area contributed by atoms with Crippen molar-refractivity contribution in [2.45, 2.75) is 58.1 Å². The highest BCUT2D eigenvalue weighted by Crippen LogP contribution is 2.15.